The van der Waals surface area contributed by atoms with Crippen molar-refractivity contribution in [3.05, 3.63) is 36.5 Å². The fourth-order valence-electron chi connectivity index (χ4n) is 3.10. The summed E-state index contributed by atoms with van der Waals surface area (Å²) in [6, 6.07) is 9.80. The van der Waals surface area contributed by atoms with Crippen molar-refractivity contribution in [1.82, 2.24) is 15.2 Å². The zero-order valence-electron chi connectivity index (χ0n) is 14.0. The number of aromatic nitrogens is 1. The molecule has 1 aliphatic rings. The summed E-state index contributed by atoms with van der Waals surface area (Å²) in [6.45, 7) is 3.52. The van der Waals surface area contributed by atoms with Crippen LogP contribution in [-0.4, -0.2) is 48.6 Å². The summed E-state index contributed by atoms with van der Waals surface area (Å²) >= 11 is 0. The average Bonchev–Trinajstić information content (AvgIpc) is 2.87. The third-order valence-electron chi connectivity index (χ3n) is 4.34. The second kappa shape index (κ2) is 8.64. The highest BCUT2D eigenvalue weighted by Crippen LogP contribution is 2.22. The Balaban J connectivity index is 1.42. The zero-order chi connectivity index (χ0) is 16.6. The molecule has 0 saturated carbocycles. The van der Waals surface area contributed by atoms with Crippen molar-refractivity contribution in [3.63, 3.8) is 0 Å². The SMILES string of the molecule is O=C(CN1CCCCCC1)NCCOc1cccc2cccnc12. The van der Waals surface area contributed by atoms with Gasteiger partial charge < -0.3 is 10.1 Å². The average molecular weight is 327 g/mol. The van der Waals surface area contributed by atoms with Crippen LogP contribution in [0.15, 0.2) is 36.5 Å². The van der Waals surface area contributed by atoms with Gasteiger partial charge in [0, 0.05) is 11.6 Å². The summed E-state index contributed by atoms with van der Waals surface area (Å²) in [5, 5.41) is 4.00. The summed E-state index contributed by atoms with van der Waals surface area (Å²) in [6.07, 6.45) is 6.73. The number of nitrogens with one attached hydrogen (secondary N) is 1. The maximum Gasteiger partial charge on any atom is 0.234 e. The van der Waals surface area contributed by atoms with Gasteiger partial charge in [0.2, 0.25) is 5.91 Å². The highest BCUT2D eigenvalue weighted by atomic mass is 16.5. The van der Waals surface area contributed by atoms with Gasteiger partial charge in [0.25, 0.3) is 0 Å². The predicted molar refractivity (Wildman–Crippen MR) is 95.2 cm³/mol. The molecular weight excluding hydrogens is 302 g/mol. The number of carbonyl (C=O) groups is 1. The Labute approximate surface area is 143 Å². The molecule has 0 aliphatic carbocycles. The largest absolute Gasteiger partial charge is 0.489 e. The Morgan fingerprint density at radius 3 is 2.75 bits per heavy atom. The van der Waals surface area contributed by atoms with Crippen molar-refractivity contribution in [2.45, 2.75) is 25.7 Å². The molecule has 0 unspecified atom stereocenters. The Morgan fingerprint density at radius 1 is 1.12 bits per heavy atom. The van der Waals surface area contributed by atoms with E-state index in [1.807, 2.05) is 30.3 Å². The third-order valence-corrected chi connectivity index (χ3v) is 4.34. The molecule has 5 heteroatoms. The molecule has 3 rings (SSSR count). The number of pyridine rings is 1. The van der Waals surface area contributed by atoms with Gasteiger partial charge >= 0.3 is 0 Å². The van der Waals surface area contributed by atoms with Crippen LogP contribution in [0.3, 0.4) is 0 Å². The first kappa shape index (κ1) is 16.7. The number of amides is 1. The summed E-state index contributed by atoms with van der Waals surface area (Å²) in [5.74, 6) is 0.839. The van der Waals surface area contributed by atoms with E-state index >= 15 is 0 Å². The molecule has 128 valence electrons. The summed E-state index contributed by atoms with van der Waals surface area (Å²) < 4.78 is 5.79. The first-order chi connectivity index (χ1) is 11.8. The van der Waals surface area contributed by atoms with E-state index in [4.69, 9.17) is 4.74 Å². The predicted octanol–water partition coefficient (Wildman–Crippen LogP) is 2.61. The molecule has 0 spiro atoms. The van der Waals surface area contributed by atoms with Crippen molar-refractivity contribution < 1.29 is 9.53 Å². The van der Waals surface area contributed by atoms with E-state index in [1.54, 1.807) is 6.20 Å². The van der Waals surface area contributed by atoms with Crippen molar-refractivity contribution >= 4 is 16.8 Å². The smallest absolute Gasteiger partial charge is 0.234 e. The van der Waals surface area contributed by atoms with Crippen LogP contribution in [-0.2, 0) is 4.79 Å². The Hall–Kier alpha value is -2.14. The summed E-state index contributed by atoms with van der Waals surface area (Å²) in [4.78, 5) is 18.6. The molecular formula is C19H25N3O2. The van der Waals surface area contributed by atoms with Gasteiger partial charge in [0.15, 0.2) is 0 Å². The van der Waals surface area contributed by atoms with Crippen LogP contribution in [0.5, 0.6) is 5.75 Å². The quantitative estimate of drug-likeness (QED) is 0.829. The number of hydrogen-bond acceptors (Lipinski definition) is 4. The lowest BCUT2D eigenvalue weighted by Crippen LogP contribution is -2.39. The van der Waals surface area contributed by atoms with E-state index in [1.165, 1.54) is 25.7 Å². The molecule has 5 nitrogen and oxygen atoms in total. The molecule has 1 aromatic heterocycles. The molecule has 1 amide bonds. The van der Waals surface area contributed by atoms with E-state index < -0.39 is 0 Å². The highest BCUT2D eigenvalue weighted by Gasteiger charge is 2.12. The third kappa shape index (κ3) is 4.68. The fourth-order valence-corrected chi connectivity index (χ4v) is 3.10. The fraction of sp³-hybridized carbons (Fsp3) is 0.474. The minimum Gasteiger partial charge on any atom is -0.489 e. The van der Waals surface area contributed by atoms with Crippen molar-refractivity contribution in [3.8, 4) is 5.75 Å². The summed E-state index contributed by atoms with van der Waals surface area (Å²) in [7, 11) is 0. The van der Waals surface area contributed by atoms with Gasteiger partial charge in [-0.1, -0.05) is 31.0 Å². The van der Waals surface area contributed by atoms with Crippen LogP contribution < -0.4 is 10.1 Å². The van der Waals surface area contributed by atoms with Crippen molar-refractivity contribution in [1.29, 1.82) is 0 Å². The number of para-hydroxylation sites is 1. The number of likely N-dealkylation sites (tertiary alicyclic amines) is 1. The van der Waals surface area contributed by atoms with Crippen LogP contribution >= 0.6 is 0 Å². The standard InChI is InChI=1S/C19H25N3O2/c23-18(15-22-12-3-1-2-4-13-22)20-11-14-24-17-9-5-7-16-8-6-10-21-19(16)17/h5-10H,1-4,11-15H2,(H,20,23). The van der Waals surface area contributed by atoms with Crippen LogP contribution in [0.1, 0.15) is 25.7 Å². The van der Waals surface area contributed by atoms with E-state index in [9.17, 15) is 4.79 Å². The molecule has 1 saturated heterocycles. The van der Waals surface area contributed by atoms with Gasteiger partial charge in [-0.2, -0.15) is 0 Å². The Morgan fingerprint density at radius 2 is 1.92 bits per heavy atom. The van der Waals surface area contributed by atoms with Gasteiger partial charge in [-0.25, -0.2) is 0 Å². The molecule has 1 fully saturated rings. The lowest BCUT2D eigenvalue weighted by molar-refractivity contribution is -0.122. The number of fused-ring (bicyclic) bond motifs is 1. The number of hydrogen-bond donors (Lipinski definition) is 1. The minimum absolute atomic E-state index is 0.0801. The van der Waals surface area contributed by atoms with Crippen molar-refractivity contribution in [2.24, 2.45) is 0 Å². The van der Waals surface area contributed by atoms with Gasteiger partial charge in [-0.15, -0.1) is 0 Å². The summed E-state index contributed by atoms with van der Waals surface area (Å²) in [5.41, 5.74) is 0.857. The lowest BCUT2D eigenvalue weighted by Gasteiger charge is -2.19. The number of ether oxygens (including phenoxy) is 1. The zero-order valence-corrected chi connectivity index (χ0v) is 14.0. The molecule has 1 N–H and O–H groups in total. The number of rotatable bonds is 6. The van der Waals surface area contributed by atoms with Gasteiger partial charge in [0.1, 0.15) is 17.9 Å². The first-order valence-corrected chi connectivity index (χ1v) is 8.78. The second-order valence-corrected chi connectivity index (χ2v) is 6.22. The number of benzene rings is 1. The van der Waals surface area contributed by atoms with E-state index in [-0.39, 0.29) is 5.91 Å². The molecule has 2 heterocycles. The van der Waals surface area contributed by atoms with Crippen LogP contribution in [0.4, 0.5) is 0 Å². The molecule has 1 aromatic carbocycles. The van der Waals surface area contributed by atoms with E-state index in [0.29, 0.717) is 19.7 Å². The van der Waals surface area contributed by atoms with Crippen LogP contribution in [0.25, 0.3) is 10.9 Å². The highest BCUT2D eigenvalue weighted by molar-refractivity contribution is 5.84. The lowest BCUT2D eigenvalue weighted by atomic mass is 10.2. The van der Waals surface area contributed by atoms with Gasteiger partial charge in [-0.05, 0) is 38.1 Å². The first-order valence-electron chi connectivity index (χ1n) is 8.78. The molecule has 0 radical (unpaired) electrons. The molecule has 2 aromatic rings. The van der Waals surface area contributed by atoms with Crippen LogP contribution in [0.2, 0.25) is 0 Å². The van der Waals surface area contributed by atoms with E-state index in [2.05, 4.69) is 15.2 Å². The maximum absolute atomic E-state index is 12.0. The van der Waals surface area contributed by atoms with Crippen LogP contribution in [0, 0.1) is 0 Å². The Kier molecular flexibility index (Phi) is 6.01. The van der Waals surface area contributed by atoms with Gasteiger partial charge in [0.05, 0.1) is 13.1 Å². The second-order valence-electron chi connectivity index (χ2n) is 6.22. The minimum atomic E-state index is 0.0801. The topological polar surface area (TPSA) is 54.5 Å². The maximum atomic E-state index is 12.0. The van der Waals surface area contributed by atoms with Gasteiger partial charge in [-0.3, -0.25) is 14.7 Å². The molecule has 1 aliphatic heterocycles. The molecule has 0 bridgehead atoms. The molecule has 24 heavy (non-hydrogen) atoms. The van der Waals surface area contributed by atoms with Crippen molar-refractivity contribution in [2.75, 3.05) is 32.8 Å². The number of nitrogens with zero attached hydrogens (tertiary/aromatic N) is 2. The Bertz CT molecular complexity index is 661. The normalized spacial score (nSPS) is 15.8. The monoisotopic (exact) mass is 327 g/mol. The number of carbonyl (C=O) groups excluding carboxylic acids is 1. The molecule has 0 atom stereocenters. The van der Waals surface area contributed by atoms with E-state index in [0.717, 1.165) is 29.7 Å².